The number of ether oxygens (including phenoxy) is 1. The fraction of sp³-hybridized carbons (Fsp3) is 0.412. The molecule has 0 fully saturated rings. The molecule has 0 radical (unpaired) electrons. The maximum absolute atomic E-state index is 12.5. The number of nitrogens with zero attached hydrogens (tertiary/aromatic N) is 3. The molecule has 0 saturated heterocycles. The van der Waals surface area contributed by atoms with Crippen molar-refractivity contribution in [3.8, 4) is 5.75 Å². The molecule has 1 aromatic heterocycles. The number of rotatable bonds is 8. The van der Waals surface area contributed by atoms with E-state index in [1.54, 1.807) is 12.5 Å². The summed E-state index contributed by atoms with van der Waals surface area (Å²) in [6.07, 6.45) is 0.745. The summed E-state index contributed by atoms with van der Waals surface area (Å²) in [5.74, 6) is 0.274. The monoisotopic (exact) mass is 362 g/mol. The van der Waals surface area contributed by atoms with Crippen LogP contribution in [0.1, 0.15) is 36.3 Å². The quantitative estimate of drug-likeness (QED) is 0.777. The van der Waals surface area contributed by atoms with Gasteiger partial charge in [-0.25, -0.2) is 0 Å². The second kappa shape index (κ2) is 9.12. The summed E-state index contributed by atoms with van der Waals surface area (Å²) < 4.78 is 8.82. The molecule has 1 N–H and O–H groups in total. The summed E-state index contributed by atoms with van der Waals surface area (Å²) in [5, 5.41) is 8.23. The highest BCUT2D eigenvalue weighted by molar-refractivity contribution is 7.03. The van der Waals surface area contributed by atoms with Crippen LogP contribution < -0.4 is 10.1 Å². The summed E-state index contributed by atoms with van der Waals surface area (Å²) in [4.78, 5) is 26.3. The van der Waals surface area contributed by atoms with E-state index in [4.69, 9.17) is 4.74 Å². The zero-order valence-corrected chi connectivity index (χ0v) is 15.4. The minimum absolute atomic E-state index is 0.0124. The highest BCUT2D eigenvalue weighted by Crippen LogP contribution is 2.12. The molecule has 2 amide bonds. The molecule has 8 heteroatoms. The molecule has 1 aromatic carbocycles. The number of benzene rings is 1. The van der Waals surface area contributed by atoms with Crippen molar-refractivity contribution in [3.05, 3.63) is 40.9 Å². The van der Waals surface area contributed by atoms with Crippen LogP contribution in [0.25, 0.3) is 0 Å². The Kier molecular flexibility index (Phi) is 6.88. The van der Waals surface area contributed by atoms with Gasteiger partial charge in [0.25, 0.3) is 5.91 Å². The number of hydrogen-bond acceptors (Lipinski definition) is 6. The van der Waals surface area contributed by atoms with Gasteiger partial charge in [0, 0.05) is 18.0 Å². The molecule has 1 atom stereocenters. The normalized spacial score (nSPS) is 11.6. The molecule has 0 unspecified atom stereocenters. The van der Waals surface area contributed by atoms with Crippen LogP contribution in [0.3, 0.4) is 0 Å². The van der Waals surface area contributed by atoms with E-state index in [-0.39, 0.29) is 30.1 Å². The van der Waals surface area contributed by atoms with Crippen molar-refractivity contribution in [1.29, 1.82) is 0 Å². The molecule has 25 heavy (non-hydrogen) atoms. The Hall–Kier alpha value is -2.48. The van der Waals surface area contributed by atoms with E-state index in [0.717, 1.165) is 29.3 Å². The van der Waals surface area contributed by atoms with E-state index in [0.29, 0.717) is 6.54 Å². The van der Waals surface area contributed by atoms with E-state index in [2.05, 4.69) is 14.9 Å². The van der Waals surface area contributed by atoms with Gasteiger partial charge in [-0.05, 0) is 42.6 Å². The molecule has 0 aliphatic heterocycles. The summed E-state index contributed by atoms with van der Waals surface area (Å²) in [7, 11) is 1.61. The second-order valence-corrected chi connectivity index (χ2v) is 6.22. The number of carbonyl (C=O) groups is 2. The lowest BCUT2D eigenvalue weighted by atomic mass is 10.2. The lowest BCUT2D eigenvalue weighted by Gasteiger charge is -2.27. The molecule has 0 aliphatic carbocycles. The van der Waals surface area contributed by atoms with E-state index in [1.807, 2.05) is 38.1 Å². The van der Waals surface area contributed by atoms with Crippen LogP contribution in [0.2, 0.25) is 0 Å². The van der Waals surface area contributed by atoms with E-state index < -0.39 is 0 Å². The Bertz CT molecular complexity index is 688. The maximum Gasteiger partial charge on any atom is 0.276 e. The molecule has 0 bridgehead atoms. The molecule has 0 aliphatic rings. The Labute approximate surface area is 151 Å². The number of amides is 2. The Morgan fingerprint density at radius 2 is 2.04 bits per heavy atom. The molecule has 0 spiro atoms. The van der Waals surface area contributed by atoms with Gasteiger partial charge in [0.2, 0.25) is 5.91 Å². The lowest BCUT2D eigenvalue weighted by molar-refractivity contribution is -0.122. The van der Waals surface area contributed by atoms with Gasteiger partial charge in [0.15, 0.2) is 5.69 Å². The van der Waals surface area contributed by atoms with Gasteiger partial charge in [-0.2, -0.15) is 0 Å². The van der Waals surface area contributed by atoms with Crippen molar-refractivity contribution in [1.82, 2.24) is 19.8 Å². The largest absolute Gasteiger partial charge is 0.497 e. The van der Waals surface area contributed by atoms with Crippen LogP contribution in [0.5, 0.6) is 5.75 Å². The van der Waals surface area contributed by atoms with Gasteiger partial charge in [-0.3, -0.25) is 9.59 Å². The van der Waals surface area contributed by atoms with Crippen molar-refractivity contribution in [2.24, 2.45) is 0 Å². The first kappa shape index (κ1) is 18.9. The molecule has 1 heterocycles. The molecule has 2 rings (SSSR count). The highest BCUT2D eigenvalue weighted by atomic mass is 32.1. The molecule has 0 saturated carbocycles. The minimum Gasteiger partial charge on any atom is -0.497 e. The van der Waals surface area contributed by atoms with Gasteiger partial charge >= 0.3 is 0 Å². The Morgan fingerprint density at radius 1 is 1.32 bits per heavy atom. The lowest BCUT2D eigenvalue weighted by Crippen LogP contribution is -2.45. The summed E-state index contributed by atoms with van der Waals surface area (Å²) in [6, 6.07) is 7.38. The first-order valence-electron chi connectivity index (χ1n) is 8.02. The zero-order valence-electron chi connectivity index (χ0n) is 14.6. The number of carbonyl (C=O) groups excluding carboxylic acids is 2. The standard InChI is InChI=1S/C17H22N4O3S/c1-4-12(2)21(17(23)15-11-25-20-19-15)10-16(22)18-9-13-5-7-14(24-3)8-6-13/h5-8,11-12H,4,9-10H2,1-3H3,(H,18,22)/t12-/m0/s1. The molecule has 134 valence electrons. The smallest absolute Gasteiger partial charge is 0.276 e. The Morgan fingerprint density at radius 3 is 2.60 bits per heavy atom. The van der Waals surface area contributed by atoms with Gasteiger partial charge < -0.3 is 15.0 Å². The van der Waals surface area contributed by atoms with E-state index >= 15 is 0 Å². The first-order chi connectivity index (χ1) is 12.0. The van der Waals surface area contributed by atoms with Crippen molar-refractivity contribution < 1.29 is 14.3 Å². The van der Waals surface area contributed by atoms with Gasteiger partial charge in [-0.15, -0.1) is 5.10 Å². The Balaban J connectivity index is 1.95. The van der Waals surface area contributed by atoms with Gasteiger partial charge in [0.1, 0.15) is 12.3 Å². The topological polar surface area (TPSA) is 84.4 Å². The predicted octanol–water partition coefficient (Wildman–Crippen LogP) is 2.10. The van der Waals surface area contributed by atoms with Crippen molar-refractivity contribution in [3.63, 3.8) is 0 Å². The average molecular weight is 362 g/mol. The third kappa shape index (κ3) is 5.25. The summed E-state index contributed by atoms with van der Waals surface area (Å²) in [5.41, 5.74) is 1.23. The second-order valence-electron chi connectivity index (χ2n) is 5.61. The maximum atomic E-state index is 12.5. The summed E-state index contributed by atoms with van der Waals surface area (Å²) in [6.45, 7) is 4.26. The summed E-state index contributed by atoms with van der Waals surface area (Å²) >= 11 is 1.11. The van der Waals surface area contributed by atoms with Crippen LogP contribution in [-0.2, 0) is 11.3 Å². The van der Waals surface area contributed by atoms with Crippen LogP contribution in [0.15, 0.2) is 29.6 Å². The predicted molar refractivity (Wildman–Crippen MR) is 95.5 cm³/mol. The zero-order chi connectivity index (χ0) is 18.2. The molecule has 2 aromatic rings. The average Bonchev–Trinajstić information content (AvgIpc) is 3.18. The van der Waals surface area contributed by atoms with Crippen LogP contribution in [0, 0.1) is 0 Å². The van der Waals surface area contributed by atoms with Crippen molar-refractivity contribution >= 4 is 23.3 Å². The number of hydrogen-bond donors (Lipinski definition) is 1. The van der Waals surface area contributed by atoms with E-state index in [1.165, 1.54) is 4.90 Å². The number of nitrogens with one attached hydrogen (secondary N) is 1. The third-order valence-electron chi connectivity index (χ3n) is 3.93. The van der Waals surface area contributed by atoms with Crippen molar-refractivity contribution in [2.75, 3.05) is 13.7 Å². The fourth-order valence-electron chi connectivity index (χ4n) is 2.21. The fourth-order valence-corrected chi connectivity index (χ4v) is 2.64. The molecule has 7 nitrogen and oxygen atoms in total. The third-order valence-corrected chi connectivity index (χ3v) is 4.43. The highest BCUT2D eigenvalue weighted by Gasteiger charge is 2.24. The van der Waals surface area contributed by atoms with Crippen LogP contribution >= 0.6 is 11.5 Å². The minimum atomic E-state index is -0.275. The number of methoxy groups -OCH3 is 1. The van der Waals surface area contributed by atoms with Crippen LogP contribution in [0.4, 0.5) is 0 Å². The SMILES string of the molecule is CC[C@H](C)N(CC(=O)NCc1ccc(OC)cc1)C(=O)c1csnn1. The van der Waals surface area contributed by atoms with Gasteiger partial charge in [0.05, 0.1) is 7.11 Å². The van der Waals surface area contributed by atoms with E-state index in [9.17, 15) is 9.59 Å². The molecular formula is C17H22N4O3S. The van der Waals surface area contributed by atoms with Crippen molar-refractivity contribution in [2.45, 2.75) is 32.9 Å². The number of aromatic nitrogens is 2. The molecular weight excluding hydrogens is 340 g/mol. The first-order valence-corrected chi connectivity index (χ1v) is 8.86. The van der Waals surface area contributed by atoms with Gasteiger partial charge in [-0.1, -0.05) is 23.5 Å². The van der Waals surface area contributed by atoms with Crippen LogP contribution in [-0.4, -0.2) is 46.0 Å².